The minimum Gasteiger partial charge on any atom is -0.398 e. The Morgan fingerprint density at radius 3 is 2.30 bits per heavy atom. The predicted octanol–water partition coefficient (Wildman–Crippen LogP) is 1.91. The second kappa shape index (κ2) is 7.26. The van der Waals surface area contributed by atoms with Crippen molar-refractivity contribution in [3.63, 3.8) is 0 Å². The van der Waals surface area contributed by atoms with Crippen LogP contribution in [0.3, 0.4) is 0 Å². The lowest BCUT2D eigenvalue weighted by Gasteiger charge is -2.08. The van der Waals surface area contributed by atoms with E-state index in [-0.39, 0.29) is 24.3 Å². The summed E-state index contributed by atoms with van der Waals surface area (Å²) in [5, 5.41) is 0. The SMILES string of the molecule is NC(=O)CCCOS(=O)(=O)c1ccc(-c2ccccc2N)cc1. The van der Waals surface area contributed by atoms with Crippen molar-refractivity contribution < 1.29 is 17.4 Å². The smallest absolute Gasteiger partial charge is 0.296 e. The summed E-state index contributed by atoms with van der Waals surface area (Å²) in [6.07, 6.45) is 0.342. The topological polar surface area (TPSA) is 112 Å². The number of hydrogen-bond donors (Lipinski definition) is 2. The number of carbonyl (C=O) groups is 1. The highest BCUT2D eigenvalue weighted by Crippen LogP contribution is 2.26. The molecule has 0 unspecified atom stereocenters. The van der Waals surface area contributed by atoms with Gasteiger partial charge in [0.1, 0.15) is 0 Å². The molecular weight excluding hydrogens is 316 g/mol. The molecule has 0 heterocycles. The van der Waals surface area contributed by atoms with Crippen LogP contribution in [0.5, 0.6) is 0 Å². The van der Waals surface area contributed by atoms with Gasteiger partial charge in [0.2, 0.25) is 5.91 Å². The van der Waals surface area contributed by atoms with Crippen LogP contribution in [0.15, 0.2) is 53.4 Å². The summed E-state index contributed by atoms with van der Waals surface area (Å²) in [4.78, 5) is 10.7. The van der Waals surface area contributed by atoms with E-state index in [0.717, 1.165) is 11.1 Å². The van der Waals surface area contributed by atoms with Gasteiger partial charge in [0.25, 0.3) is 10.1 Å². The zero-order valence-corrected chi connectivity index (χ0v) is 13.3. The quantitative estimate of drug-likeness (QED) is 0.456. The average molecular weight is 334 g/mol. The number of anilines is 1. The highest BCUT2D eigenvalue weighted by molar-refractivity contribution is 7.86. The van der Waals surface area contributed by atoms with E-state index in [1.54, 1.807) is 18.2 Å². The molecule has 0 aliphatic rings. The Labute approximate surface area is 135 Å². The summed E-state index contributed by atoms with van der Waals surface area (Å²) in [5.41, 5.74) is 13.1. The summed E-state index contributed by atoms with van der Waals surface area (Å²) in [6, 6.07) is 13.6. The van der Waals surface area contributed by atoms with Crippen LogP contribution in [0.1, 0.15) is 12.8 Å². The van der Waals surface area contributed by atoms with Crippen LogP contribution in [-0.2, 0) is 19.1 Å². The summed E-state index contributed by atoms with van der Waals surface area (Å²) >= 11 is 0. The number of nitrogens with two attached hydrogens (primary N) is 2. The van der Waals surface area contributed by atoms with Crippen molar-refractivity contribution in [1.82, 2.24) is 0 Å². The molecule has 23 heavy (non-hydrogen) atoms. The van der Waals surface area contributed by atoms with Gasteiger partial charge in [0.05, 0.1) is 11.5 Å². The fraction of sp³-hybridized carbons (Fsp3) is 0.188. The number of para-hydroxylation sites is 1. The largest absolute Gasteiger partial charge is 0.398 e. The average Bonchev–Trinajstić information content (AvgIpc) is 2.52. The molecule has 6 nitrogen and oxygen atoms in total. The van der Waals surface area contributed by atoms with Crippen molar-refractivity contribution in [2.75, 3.05) is 12.3 Å². The molecule has 0 fully saturated rings. The highest BCUT2D eigenvalue weighted by atomic mass is 32.2. The highest BCUT2D eigenvalue weighted by Gasteiger charge is 2.15. The number of hydrogen-bond acceptors (Lipinski definition) is 5. The van der Waals surface area contributed by atoms with Crippen molar-refractivity contribution in [1.29, 1.82) is 0 Å². The first-order valence-corrected chi connectivity index (χ1v) is 8.43. The van der Waals surface area contributed by atoms with E-state index in [0.29, 0.717) is 5.69 Å². The molecule has 122 valence electrons. The minimum atomic E-state index is -3.85. The predicted molar refractivity (Wildman–Crippen MR) is 87.9 cm³/mol. The van der Waals surface area contributed by atoms with Gasteiger partial charge in [-0.05, 0) is 30.2 Å². The first-order valence-electron chi connectivity index (χ1n) is 7.03. The Morgan fingerprint density at radius 2 is 1.70 bits per heavy atom. The fourth-order valence-electron chi connectivity index (χ4n) is 2.04. The van der Waals surface area contributed by atoms with Crippen molar-refractivity contribution >= 4 is 21.7 Å². The summed E-state index contributed by atoms with van der Waals surface area (Å²) < 4.78 is 28.9. The van der Waals surface area contributed by atoms with Gasteiger partial charge in [0.15, 0.2) is 0 Å². The van der Waals surface area contributed by atoms with Crippen molar-refractivity contribution in [3.8, 4) is 11.1 Å². The zero-order chi connectivity index (χ0) is 16.9. The molecule has 0 saturated heterocycles. The van der Waals surface area contributed by atoms with Crippen LogP contribution >= 0.6 is 0 Å². The third-order valence-corrected chi connectivity index (χ3v) is 4.55. The molecule has 1 amide bonds. The van der Waals surface area contributed by atoms with E-state index >= 15 is 0 Å². The number of nitrogen functional groups attached to an aromatic ring is 1. The maximum atomic E-state index is 12.0. The molecule has 2 rings (SSSR count). The number of rotatable bonds is 7. The molecule has 0 aliphatic carbocycles. The van der Waals surface area contributed by atoms with Crippen molar-refractivity contribution in [3.05, 3.63) is 48.5 Å². The fourth-order valence-corrected chi connectivity index (χ4v) is 2.99. The van der Waals surface area contributed by atoms with Gasteiger partial charge in [0, 0.05) is 17.7 Å². The van der Waals surface area contributed by atoms with Gasteiger partial charge in [-0.25, -0.2) is 0 Å². The Balaban J connectivity index is 2.09. The van der Waals surface area contributed by atoms with Crippen LogP contribution in [-0.4, -0.2) is 20.9 Å². The molecule has 0 saturated carbocycles. The molecule has 0 aliphatic heterocycles. The number of amides is 1. The number of benzene rings is 2. The molecular formula is C16H18N2O4S. The first-order chi connectivity index (χ1) is 10.9. The van der Waals surface area contributed by atoms with E-state index in [1.165, 1.54) is 12.1 Å². The van der Waals surface area contributed by atoms with Gasteiger partial charge in [-0.2, -0.15) is 8.42 Å². The maximum Gasteiger partial charge on any atom is 0.296 e. The Kier molecular flexibility index (Phi) is 5.36. The van der Waals surface area contributed by atoms with E-state index in [9.17, 15) is 13.2 Å². The van der Waals surface area contributed by atoms with Gasteiger partial charge in [-0.1, -0.05) is 30.3 Å². The van der Waals surface area contributed by atoms with Crippen LogP contribution in [0.4, 0.5) is 5.69 Å². The van der Waals surface area contributed by atoms with E-state index in [4.69, 9.17) is 15.7 Å². The van der Waals surface area contributed by atoms with E-state index < -0.39 is 16.0 Å². The summed E-state index contributed by atoms with van der Waals surface area (Å²) in [7, 11) is -3.85. The van der Waals surface area contributed by atoms with Gasteiger partial charge >= 0.3 is 0 Å². The molecule has 0 spiro atoms. The van der Waals surface area contributed by atoms with Gasteiger partial charge < -0.3 is 11.5 Å². The third kappa shape index (κ3) is 4.54. The lowest BCUT2D eigenvalue weighted by molar-refractivity contribution is -0.118. The zero-order valence-electron chi connectivity index (χ0n) is 12.4. The van der Waals surface area contributed by atoms with Crippen molar-refractivity contribution in [2.45, 2.75) is 17.7 Å². The van der Waals surface area contributed by atoms with Gasteiger partial charge in [-0.3, -0.25) is 8.98 Å². The first kappa shape index (κ1) is 17.0. The molecule has 0 aromatic heterocycles. The molecule has 4 N–H and O–H groups in total. The second-order valence-corrected chi connectivity index (χ2v) is 6.57. The summed E-state index contributed by atoms with van der Waals surface area (Å²) in [6.45, 7) is -0.0847. The standard InChI is InChI=1S/C16H18N2O4S/c17-15-5-2-1-4-14(15)12-7-9-13(10-8-12)23(20,21)22-11-3-6-16(18)19/h1-2,4-5,7-10H,3,6,11,17H2,(H2,18,19). The Hall–Kier alpha value is -2.38. The molecule has 7 heteroatoms. The molecule has 0 radical (unpaired) electrons. The Morgan fingerprint density at radius 1 is 1.04 bits per heavy atom. The lowest BCUT2D eigenvalue weighted by atomic mass is 10.0. The van der Waals surface area contributed by atoms with Crippen molar-refractivity contribution in [2.24, 2.45) is 5.73 Å². The normalized spacial score (nSPS) is 11.3. The van der Waals surface area contributed by atoms with E-state index in [2.05, 4.69) is 0 Å². The van der Waals surface area contributed by atoms with Gasteiger partial charge in [-0.15, -0.1) is 0 Å². The monoisotopic (exact) mass is 334 g/mol. The van der Waals surface area contributed by atoms with E-state index in [1.807, 2.05) is 18.2 Å². The number of carbonyl (C=O) groups excluding carboxylic acids is 1. The van der Waals surface area contributed by atoms with Crippen LogP contribution < -0.4 is 11.5 Å². The maximum absolute atomic E-state index is 12.0. The molecule has 0 bridgehead atoms. The van der Waals surface area contributed by atoms with Crippen LogP contribution in [0, 0.1) is 0 Å². The van der Waals surface area contributed by atoms with Crippen LogP contribution in [0.2, 0.25) is 0 Å². The third-order valence-electron chi connectivity index (χ3n) is 3.22. The summed E-state index contributed by atoms with van der Waals surface area (Å²) in [5.74, 6) is -0.490. The van der Waals surface area contributed by atoms with Crippen LogP contribution in [0.25, 0.3) is 11.1 Å². The minimum absolute atomic E-state index is 0.0508. The lowest BCUT2D eigenvalue weighted by Crippen LogP contribution is -2.13. The second-order valence-electron chi connectivity index (χ2n) is 4.96. The molecule has 0 atom stereocenters. The molecule has 2 aromatic rings. The number of primary amides is 1. The Bertz CT molecular complexity index is 786. The molecule has 2 aromatic carbocycles.